The number of nitrogens with two attached hydrogens (primary N) is 1. The van der Waals surface area contributed by atoms with Gasteiger partial charge in [0, 0.05) is 30.1 Å². The fourth-order valence-corrected chi connectivity index (χ4v) is 5.00. The SMILES string of the molecule is COc1ccc(NC(=O)c2sc3nc4c(cc3c2N)N2CCC4CC2)cc1. The van der Waals surface area contributed by atoms with E-state index in [2.05, 4.69) is 16.3 Å². The molecular weight excluding hydrogens is 360 g/mol. The Balaban J connectivity index is 1.50. The monoisotopic (exact) mass is 380 g/mol. The number of nitrogen functional groups attached to an aromatic ring is 1. The van der Waals surface area contributed by atoms with Crippen molar-refractivity contribution in [2.45, 2.75) is 18.8 Å². The number of carbonyl (C=O) groups excluding carboxylic acids is 1. The van der Waals surface area contributed by atoms with Crippen molar-refractivity contribution >= 4 is 44.5 Å². The van der Waals surface area contributed by atoms with E-state index in [0.29, 0.717) is 22.2 Å². The van der Waals surface area contributed by atoms with Gasteiger partial charge in [-0.2, -0.15) is 0 Å². The quantitative estimate of drug-likeness (QED) is 0.722. The lowest BCUT2D eigenvalue weighted by Gasteiger charge is -2.41. The Kier molecular flexibility index (Phi) is 3.72. The molecule has 0 radical (unpaired) electrons. The van der Waals surface area contributed by atoms with Crippen LogP contribution >= 0.6 is 11.3 Å². The largest absolute Gasteiger partial charge is 0.497 e. The van der Waals surface area contributed by atoms with E-state index in [4.69, 9.17) is 15.5 Å². The van der Waals surface area contributed by atoms with Crippen molar-refractivity contribution in [2.24, 2.45) is 0 Å². The van der Waals surface area contributed by atoms with Gasteiger partial charge in [-0.15, -0.1) is 11.3 Å². The smallest absolute Gasteiger partial charge is 0.267 e. The van der Waals surface area contributed by atoms with Gasteiger partial charge in [-0.3, -0.25) is 4.79 Å². The molecular formula is C20H20N4O2S. The molecule has 138 valence electrons. The Morgan fingerprint density at radius 3 is 2.74 bits per heavy atom. The number of hydrogen-bond acceptors (Lipinski definition) is 6. The summed E-state index contributed by atoms with van der Waals surface area (Å²) < 4.78 is 5.15. The van der Waals surface area contributed by atoms with Gasteiger partial charge in [-0.25, -0.2) is 4.98 Å². The number of nitrogens with one attached hydrogen (secondary N) is 1. The molecule has 1 saturated heterocycles. The number of methoxy groups -OCH3 is 1. The Labute approximate surface area is 160 Å². The molecule has 2 bridgehead atoms. The van der Waals surface area contributed by atoms with Gasteiger partial charge in [-0.1, -0.05) is 0 Å². The molecule has 6 rings (SSSR count). The lowest BCUT2D eigenvalue weighted by Crippen LogP contribution is -2.39. The van der Waals surface area contributed by atoms with Gasteiger partial charge in [0.05, 0.1) is 24.2 Å². The fourth-order valence-electron chi connectivity index (χ4n) is 4.02. The van der Waals surface area contributed by atoms with Crippen LogP contribution in [-0.2, 0) is 0 Å². The number of rotatable bonds is 3. The second-order valence-corrected chi connectivity index (χ2v) is 8.03. The maximum absolute atomic E-state index is 12.8. The van der Waals surface area contributed by atoms with Gasteiger partial charge in [0.1, 0.15) is 15.5 Å². The number of hydrogen-bond donors (Lipinski definition) is 2. The van der Waals surface area contributed by atoms with Crippen LogP contribution in [0.1, 0.15) is 34.1 Å². The molecule has 5 heterocycles. The first-order valence-corrected chi connectivity index (χ1v) is 9.89. The molecule has 1 fully saturated rings. The molecule has 1 amide bonds. The van der Waals surface area contributed by atoms with Gasteiger partial charge in [0.15, 0.2) is 0 Å². The van der Waals surface area contributed by atoms with E-state index in [1.165, 1.54) is 22.7 Å². The Morgan fingerprint density at radius 1 is 1.30 bits per heavy atom. The Morgan fingerprint density at radius 2 is 2.04 bits per heavy atom. The number of aromatic nitrogens is 1. The van der Waals surface area contributed by atoms with Crippen LogP contribution in [0.5, 0.6) is 5.75 Å². The number of pyridine rings is 1. The van der Waals surface area contributed by atoms with E-state index in [-0.39, 0.29) is 5.91 Å². The molecule has 3 aliphatic rings. The van der Waals surface area contributed by atoms with Crippen molar-refractivity contribution in [1.29, 1.82) is 0 Å². The van der Waals surface area contributed by atoms with Gasteiger partial charge in [-0.05, 0) is 43.2 Å². The van der Waals surface area contributed by atoms with Gasteiger partial charge in [0.2, 0.25) is 0 Å². The van der Waals surface area contributed by atoms with Crippen molar-refractivity contribution in [1.82, 2.24) is 4.98 Å². The van der Waals surface area contributed by atoms with Crippen LogP contribution in [-0.4, -0.2) is 31.1 Å². The average Bonchev–Trinajstić information content (AvgIpc) is 3.04. The van der Waals surface area contributed by atoms with Crippen molar-refractivity contribution in [3.05, 3.63) is 40.9 Å². The van der Waals surface area contributed by atoms with E-state index in [1.54, 1.807) is 7.11 Å². The maximum Gasteiger partial charge on any atom is 0.267 e. The number of amides is 1. The van der Waals surface area contributed by atoms with E-state index in [9.17, 15) is 4.79 Å². The molecule has 1 aromatic carbocycles. The first-order valence-electron chi connectivity index (χ1n) is 9.07. The molecule has 3 aromatic rings. The van der Waals surface area contributed by atoms with Crippen LogP contribution in [0.15, 0.2) is 30.3 Å². The van der Waals surface area contributed by atoms with Crippen LogP contribution in [0, 0.1) is 0 Å². The van der Waals surface area contributed by atoms with E-state index in [1.807, 2.05) is 24.3 Å². The lowest BCUT2D eigenvalue weighted by atomic mass is 9.86. The van der Waals surface area contributed by atoms with Gasteiger partial charge >= 0.3 is 0 Å². The number of fused-ring (bicyclic) bond motifs is 3. The van der Waals surface area contributed by atoms with E-state index in [0.717, 1.165) is 41.9 Å². The summed E-state index contributed by atoms with van der Waals surface area (Å²) >= 11 is 1.37. The highest BCUT2D eigenvalue weighted by atomic mass is 32.1. The molecule has 7 heteroatoms. The summed E-state index contributed by atoms with van der Waals surface area (Å²) in [6, 6.07) is 9.36. The summed E-state index contributed by atoms with van der Waals surface area (Å²) in [5.74, 6) is 1.07. The molecule has 0 spiro atoms. The van der Waals surface area contributed by atoms with Gasteiger partial charge in [0.25, 0.3) is 5.91 Å². The Hall–Kier alpha value is -2.80. The van der Waals surface area contributed by atoms with Crippen LogP contribution in [0.3, 0.4) is 0 Å². The van der Waals surface area contributed by atoms with Crippen LogP contribution in [0.25, 0.3) is 10.2 Å². The third kappa shape index (κ3) is 2.61. The number of thiophene rings is 1. The first kappa shape index (κ1) is 16.4. The summed E-state index contributed by atoms with van der Waals surface area (Å²) in [7, 11) is 1.61. The molecule has 0 unspecified atom stereocenters. The minimum absolute atomic E-state index is 0.207. The predicted molar refractivity (Wildman–Crippen MR) is 109 cm³/mol. The number of anilines is 3. The molecule has 0 atom stereocenters. The van der Waals surface area contributed by atoms with Crippen molar-refractivity contribution in [2.75, 3.05) is 36.1 Å². The summed E-state index contributed by atoms with van der Waals surface area (Å²) in [5, 5.41) is 3.79. The molecule has 2 aromatic heterocycles. The molecule has 0 saturated carbocycles. The number of benzene rings is 1. The third-order valence-electron chi connectivity index (χ3n) is 5.51. The van der Waals surface area contributed by atoms with Gasteiger partial charge < -0.3 is 20.7 Å². The summed E-state index contributed by atoms with van der Waals surface area (Å²) in [5.41, 5.74) is 9.92. The van der Waals surface area contributed by atoms with Crippen LogP contribution in [0.2, 0.25) is 0 Å². The van der Waals surface area contributed by atoms with Crippen LogP contribution in [0.4, 0.5) is 17.1 Å². The number of carbonyl (C=O) groups is 1. The molecule has 3 aliphatic heterocycles. The second-order valence-electron chi connectivity index (χ2n) is 7.03. The minimum Gasteiger partial charge on any atom is -0.497 e. The number of ether oxygens (including phenoxy) is 1. The zero-order valence-corrected chi connectivity index (χ0v) is 15.8. The normalized spacial score (nSPS) is 15.8. The molecule has 0 aliphatic carbocycles. The van der Waals surface area contributed by atoms with Crippen molar-refractivity contribution in [3.63, 3.8) is 0 Å². The fraction of sp³-hybridized carbons (Fsp3) is 0.300. The van der Waals surface area contributed by atoms with Crippen molar-refractivity contribution < 1.29 is 9.53 Å². The second kappa shape index (κ2) is 6.13. The highest BCUT2D eigenvalue weighted by molar-refractivity contribution is 7.21. The third-order valence-corrected chi connectivity index (χ3v) is 6.62. The average molecular weight is 380 g/mol. The number of piperidine rings is 1. The van der Waals surface area contributed by atoms with E-state index < -0.39 is 0 Å². The summed E-state index contributed by atoms with van der Waals surface area (Å²) in [4.78, 5) is 21.4. The standard InChI is InChI=1S/C20H20N4O2S/c1-26-13-4-2-12(3-5-13)22-19(25)18-16(21)14-10-15-17(23-20(14)27-18)11-6-8-24(15)9-7-11/h2-5,10-11H,6-9,21H2,1H3,(H,22,25). The predicted octanol–water partition coefficient (Wildman–Crippen LogP) is 3.84. The topological polar surface area (TPSA) is 80.5 Å². The number of nitrogens with zero attached hydrogens (tertiary/aromatic N) is 2. The highest BCUT2D eigenvalue weighted by Crippen LogP contribution is 2.45. The maximum atomic E-state index is 12.8. The molecule has 27 heavy (non-hydrogen) atoms. The summed E-state index contributed by atoms with van der Waals surface area (Å²) in [6.45, 7) is 2.17. The lowest BCUT2D eigenvalue weighted by molar-refractivity contribution is 0.103. The zero-order chi connectivity index (χ0) is 18.5. The zero-order valence-electron chi connectivity index (χ0n) is 15.0. The Bertz CT molecular complexity index is 1040. The first-order chi connectivity index (χ1) is 13.1. The van der Waals surface area contributed by atoms with Crippen LogP contribution < -0.4 is 20.7 Å². The highest BCUT2D eigenvalue weighted by Gasteiger charge is 2.33. The van der Waals surface area contributed by atoms with E-state index >= 15 is 0 Å². The summed E-state index contributed by atoms with van der Waals surface area (Å²) in [6.07, 6.45) is 2.33. The molecule has 6 nitrogen and oxygen atoms in total. The minimum atomic E-state index is -0.207. The van der Waals surface area contributed by atoms with Crippen molar-refractivity contribution in [3.8, 4) is 5.75 Å². The molecule has 3 N–H and O–H groups in total.